The summed E-state index contributed by atoms with van der Waals surface area (Å²) in [6.07, 6.45) is 3.75. The molecule has 4 nitrogen and oxygen atoms in total. The fourth-order valence-corrected chi connectivity index (χ4v) is 0.812. The van der Waals surface area contributed by atoms with Gasteiger partial charge in [-0.3, -0.25) is 0 Å². The lowest BCUT2D eigenvalue weighted by Crippen LogP contribution is -1.62. The zero-order valence-corrected chi connectivity index (χ0v) is 9.32. The fourth-order valence-electron chi connectivity index (χ4n) is 0.812. The monoisotopic (exact) mass is 210 g/mol. The van der Waals surface area contributed by atoms with Gasteiger partial charge in [-0.15, -0.1) is 0 Å². The van der Waals surface area contributed by atoms with E-state index < -0.39 is 0 Å². The van der Waals surface area contributed by atoms with E-state index in [1.807, 2.05) is 42.7 Å². The highest BCUT2D eigenvalue weighted by atomic mass is 14.6. The molecule has 0 saturated carbocycles. The van der Waals surface area contributed by atoms with Crippen molar-refractivity contribution in [2.75, 3.05) is 0 Å². The molecule has 10 N–H and O–H groups in total. The van der Waals surface area contributed by atoms with Crippen molar-refractivity contribution in [1.82, 2.24) is 23.4 Å². The third kappa shape index (κ3) is 10.3. The third-order valence-corrected chi connectivity index (χ3v) is 1.44. The van der Waals surface area contributed by atoms with E-state index in [9.17, 15) is 0 Å². The lowest BCUT2D eigenvalue weighted by molar-refractivity contribution is 1.42. The van der Waals surface area contributed by atoms with Crippen molar-refractivity contribution in [3.05, 3.63) is 60.4 Å². The molecular formula is C11H22N4. The first-order valence-corrected chi connectivity index (χ1v) is 3.99. The van der Waals surface area contributed by atoms with Gasteiger partial charge in [-0.05, 0) is 19.1 Å². The van der Waals surface area contributed by atoms with Crippen molar-refractivity contribution in [2.45, 2.75) is 6.92 Å². The number of aromatic nitrogens is 1. The van der Waals surface area contributed by atoms with E-state index in [4.69, 9.17) is 0 Å². The summed E-state index contributed by atoms with van der Waals surface area (Å²) in [5.74, 6) is 0. The summed E-state index contributed by atoms with van der Waals surface area (Å²) in [5.41, 5.74) is 1.32. The first kappa shape index (κ1) is 19.0. The van der Waals surface area contributed by atoms with E-state index in [-0.39, 0.29) is 18.5 Å². The number of aromatic amines is 1. The normalized spacial score (nSPS) is 6.73. The quantitative estimate of drug-likeness (QED) is 0.532. The Labute approximate surface area is 91.5 Å². The van der Waals surface area contributed by atoms with Crippen LogP contribution in [0.3, 0.4) is 0 Å². The first-order valence-electron chi connectivity index (χ1n) is 3.99. The molecule has 1 heterocycles. The van der Waals surface area contributed by atoms with Crippen LogP contribution in [0.2, 0.25) is 0 Å². The lowest BCUT2D eigenvalue weighted by Gasteiger charge is -1.82. The van der Waals surface area contributed by atoms with Crippen molar-refractivity contribution in [1.29, 1.82) is 0 Å². The highest BCUT2D eigenvalue weighted by Gasteiger charge is 1.72. The maximum atomic E-state index is 2.86. The van der Waals surface area contributed by atoms with Crippen LogP contribution < -0.4 is 18.5 Å². The lowest BCUT2D eigenvalue weighted by atomic mass is 10.2. The molecule has 1 aromatic heterocycles. The molecule has 0 aliphatic carbocycles. The van der Waals surface area contributed by atoms with Gasteiger partial charge in [0.25, 0.3) is 0 Å². The molecule has 1 aromatic carbocycles. The topological polar surface area (TPSA) is 121 Å². The van der Waals surface area contributed by atoms with Crippen LogP contribution in [-0.2, 0) is 0 Å². The molecule has 0 amide bonds. The molecule has 0 aliphatic rings. The number of aryl methyl sites for hydroxylation is 1. The largest absolute Gasteiger partial charge is 0.368 e. The summed E-state index contributed by atoms with van der Waals surface area (Å²) in [6, 6.07) is 14.2. The molecule has 4 heteroatoms. The zero-order chi connectivity index (χ0) is 8.65. The number of H-pyrrole nitrogens is 1. The number of hydrogen-bond donors (Lipinski definition) is 4. The third-order valence-electron chi connectivity index (χ3n) is 1.44. The van der Waals surface area contributed by atoms with E-state index in [1.165, 1.54) is 5.56 Å². The molecule has 0 radical (unpaired) electrons. The summed E-state index contributed by atoms with van der Waals surface area (Å²) < 4.78 is 0. The predicted molar refractivity (Wildman–Crippen MR) is 67.0 cm³/mol. The van der Waals surface area contributed by atoms with Crippen LogP contribution in [0, 0.1) is 6.92 Å². The first-order chi connectivity index (χ1) is 5.89. The standard InChI is InChI=1S/C7H8.C4H5N.3H3N/c1-7-5-3-2-4-6-7;1-2-4-5-3-1;;;/h2-6H,1H3;1-5H;3*1H3. The molecule has 2 rings (SSSR count). The molecule has 0 bridgehead atoms. The van der Waals surface area contributed by atoms with Gasteiger partial charge in [-0.25, -0.2) is 0 Å². The van der Waals surface area contributed by atoms with Crippen LogP contribution in [-0.4, -0.2) is 4.98 Å². The Kier molecular flexibility index (Phi) is 15.7. The van der Waals surface area contributed by atoms with Gasteiger partial charge >= 0.3 is 0 Å². The molecule has 2 aromatic rings. The summed E-state index contributed by atoms with van der Waals surface area (Å²) in [6.45, 7) is 2.08. The Morgan fingerprint density at radius 3 is 1.40 bits per heavy atom. The molecule has 0 spiro atoms. The van der Waals surface area contributed by atoms with Gasteiger partial charge in [0, 0.05) is 12.4 Å². The maximum absolute atomic E-state index is 2.86. The van der Waals surface area contributed by atoms with Gasteiger partial charge in [-0.2, -0.15) is 0 Å². The molecule has 15 heavy (non-hydrogen) atoms. The van der Waals surface area contributed by atoms with Crippen LogP contribution in [0.25, 0.3) is 0 Å². The SMILES string of the molecule is Cc1ccccc1.N.N.N.c1cc[nH]c1. The van der Waals surface area contributed by atoms with Crippen LogP contribution in [0.15, 0.2) is 54.9 Å². The highest BCUT2D eigenvalue weighted by molar-refractivity contribution is 5.11. The van der Waals surface area contributed by atoms with Gasteiger partial charge in [-0.1, -0.05) is 35.9 Å². The van der Waals surface area contributed by atoms with Crippen molar-refractivity contribution in [2.24, 2.45) is 0 Å². The molecule has 0 fully saturated rings. The molecule has 0 saturated heterocycles. The Bertz CT molecular complexity index is 261. The van der Waals surface area contributed by atoms with Crippen LogP contribution >= 0.6 is 0 Å². The van der Waals surface area contributed by atoms with Gasteiger partial charge in [0.05, 0.1) is 0 Å². The number of hydrogen-bond acceptors (Lipinski definition) is 3. The minimum Gasteiger partial charge on any atom is -0.368 e. The average Bonchev–Trinajstić information content (AvgIpc) is 2.62. The number of nitrogens with one attached hydrogen (secondary N) is 1. The van der Waals surface area contributed by atoms with Crippen LogP contribution in [0.4, 0.5) is 0 Å². The van der Waals surface area contributed by atoms with Crippen LogP contribution in [0.5, 0.6) is 0 Å². The van der Waals surface area contributed by atoms with Gasteiger partial charge in [0.15, 0.2) is 0 Å². The minimum absolute atomic E-state index is 0. The summed E-state index contributed by atoms with van der Waals surface area (Å²) >= 11 is 0. The second-order valence-electron chi connectivity index (χ2n) is 2.54. The fraction of sp³-hybridized carbons (Fsp3) is 0.0909. The van der Waals surface area contributed by atoms with Crippen LogP contribution in [0.1, 0.15) is 5.56 Å². The van der Waals surface area contributed by atoms with E-state index in [2.05, 4.69) is 24.0 Å². The Balaban J connectivity index is -0.000000165. The summed E-state index contributed by atoms with van der Waals surface area (Å²) in [7, 11) is 0. The van der Waals surface area contributed by atoms with Gasteiger partial charge in [0.1, 0.15) is 0 Å². The van der Waals surface area contributed by atoms with Crippen molar-refractivity contribution >= 4 is 0 Å². The van der Waals surface area contributed by atoms with Crippen molar-refractivity contribution < 1.29 is 0 Å². The molecule has 86 valence electrons. The van der Waals surface area contributed by atoms with E-state index >= 15 is 0 Å². The second kappa shape index (κ2) is 12.4. The molecule has 0 aliphatic heterocycles. The maximum Gasteiger partial charge on any atom is 0.000496 e. The average molecular weight is 210 g/mol. The van der Waals surface area contributed by atoms with E-state index in [0.29, 0.717) is 0 Å². The van der Waals surface area contributed by atoms with E-state index in [1.54, 1.807) is 0 Å². The molecular weight excluding hydrogens is 188 g/mol. The minimum atomic E-state index is 0. The second-order valence-corrected chi connectivity index (χ2v) is 2.54. The Morgan fingerprint density at radius 1 is 0.733 bits per heavy atom. The highest BCUT2D eigenvalue weighted by Crippen LogP contribution is 1.92. The van der Waals surface area contributed by atoms with Gasteiger partial charge < -0.3 is 23.4 Å². The Morgan fingerprint density at radius 2 is 1.20 bits per heavy atom. The van der Waals surface area contributed by atoms with E-state index in [0.717, 1.165) is 0 Å². The van der Waals surface area contributed by atoms with Crippen molar-refractivity contribution in [3.63, 3.8) is 0 Å². The summed E-state index contributed by atoms with van der Waals surface area (Å²) in [4.78, 5) is 2.86. The zero-order valence-electron chi connectivity index (χ0n) is 9.32. The smallest absolute Gasteiger partial charge is 0.000496 e. The predicted octanol–water partition coefficient (Wildman–Crippen LogP) is 3.50. The number of benzene rings is 1. The van der Waals surface area contributed by atoms with Gasteiger partial charge in [0.2, 0.25) is 0 Å². The van der Waals surface area contributed by atoms with Crippen molar-refractivity contribution in [3.8, 4) is 0 Å². The molecule has 0 atom stereocenters. The summed E-state index contributed by atoms with van der Waals surface area (Å²) in [5, 5.41) is 0. The number of rotatable bonds is 0. The molecule has 0 unspecified atom stereocenters. The Hall–Kier alpha value is -1.62.